The highest BCUT2D eigenvalue weighted by atomic mass is 16.5. The Labute approximate surface area is 104 Å². The molecule has 0 aliphatic carbocycles. The molecule has 1 rings (SSSR count). The van der Waals surface area contributed by atoms with E-state index in [0.29, 0.717) is 5.88 Å². The van der Waals surface area contributed by atoms with Crippen LogP contribution in [0.3, 0.4) is 0 Å². The second kappa shape index (κ2) is 8.01. The van der Waals surface area contributed by atoms with Crippen LogP contribution in [0.15, 0.2) is 12.4 Å². The Kier molecular flexibility index (Phi) is 6.55. The molecule has 1 aromatic rings. The monoisotopic (exact) mass is 237 g/mol. The largest absolute Gasteiger partial charge is 0.480 e. The van der Waals surface area contributed by atoms with Crippen molar-refractivity contribution in [3.05, 3.63) is 18.1 Å². The molecule has 0 radical (unpaired) electrons. The summed E-state index contributed by atoms with van der Waals surface area (Å²) in [5.74, 6) is 0.550. The number of methoxy groups -OCH3 is 1. The predicted octanol–water partition coefficient (Wildman–Crippen LogP) is 2.85. The van der Waals surface area contributed by atoms with Gasteiger partial charge >= 0.3 is 0 Å². The van der Waals surface area contributed by atoms with Crippen LogP contribution in [-0.2, 0) is 0 Å². The van der Waals surface area contributed by atoms with Crippen LogP contribution in [-0.4, -0.2) is 17.1 Å². The van der Waals surface area contributed by atoms with Crippen molar-refractivity contribution in [2.75, 3.05) is 7.11 Å². The lowest BCUT2D eigenvalue weighted by Gasteiger charge is -2.13. The summed E-state index contributed by atoms with van der Waals surface area (Å²) < 4.78 is 5.16. The van der Waals surface area contributed by atoms with Gasteiger partial charge in [-0.25, -0.2) is 4.98 Å². The van der Waals surface area contributed by atoms with Crippen LogP contribution in [0.5, 0.6) is 5.88 Å². The Bertz CT molecular complexity index is 317. The fourth-order valence-electron chi connectivity index (χ4n) is 1.85. The van der Waals surface area contributed by atoms with Crippen LogP contribution >= 0.6 is 0 Å². The van der Waals surface area contributed by atoms with Gasteiger partial charge in [0, 0.05) is 12.4 Å². The Morgan fingerprint density at radius 3 is 2.59 bits per heavy atom. The average Bonchev–Trinajstić information content (AvgIpc) is 2.38. The quantitative estimate of drug-likeness (QED) is 0.706. The second-order valence-corrected chi connectivity index (χ2v) is 4.26. The van der Waals surface area contributed by atoms with Crippen molar-refractivity contribution in [3.8, 4) is 5.88 Å². The number of nitrogens with zero attached hydrogens (tertiary/aromatic N) is 2. The number of rotatable bonds is 8. The fraction of sp³-hybridized carbons (Fsp3) is 0.692. The molecule has 0 aliphatic heterocycles. The normalized spacial score (nSPS) is 12.4. The summed E-state index contributed by atoms with van der Waals surface area (Å²) in [5, 5.41) is 0. The lowest BCUT2D eigenvalue weighted by atomic mass is 10.0. The predicted molar refractivity (Wildman–Crippen MR) is 68.9 cm³/mol. The highest BCUT2D eigenvalue weighted by molar-refractivity contribution is 5.20. The van der Waals surface area contributed by atoms with E-state index in [1.54, 1.807) is 19.5 Å². The summed E-state index contributed by atoms with van der Waals surface area (Å²) in [4.78, 5) is 8.36. The Balaban J connectivity index is 2.38. The van der Waals surface area contributed by atoms with Gasteiger partial charge in [-0.15, -0.1) is 0 Å². The Morgan fingerprint density at radius 1 is 1.18 bits per heavy atom. The van der Waals surface area contributed by atoms with E-state index >= 15 is 0 Å². The molecule has 1 unspecified atom stereocenters. The Hall–Kier alpha value is -1.16. The molecule has 96 valence electrons. The van der Waals surface area contributed by atoms with Gasteiger partial charge in [0.25, 0.3) is 0 Å². The van der Waals surface area contributed by atoms with E-state index in [0.717, 1.165) is 18.5 Å². The third kappa shape index (κ3) is 4.69. The summed E-state index contributed by atoms with van der Waals surface area (Å²) in [5.41, 5.74) is 6.87. The first-order chi connectivity index (χ1) is 8.29. The van der Waals surface area contributed by atoms with Crippen LogP contribution in [0.4, 0.5) is 0 Å². The number of nitrogens with two attached hydrogens (primary N) is 1. The molecular weight excluding hydrogens is 214 g/mol. The molecule has 0 bridgehead atoms. The maximum Gasteiger partial charge on any atom is 0.236 e. The first-order valence-corrected chi connectivity index (χ1v) is 6.40. The lowest BCUT2D eigenvalue weighted by Crippen LogP contribution is -2.14. The summed E-state index contributed by atoms with van der Waals surface area (Å²) in [6, 6.07) is -0.0692. The number of hydrogen-bond acceptors (Lipinski definition) is 4. The molecule has 0 saturated carbocycles. The summed E-state index contributed by atoms with van der Waals surface area (Å²) in [6.45, 7) is 2.22. The summed E-state index contributed by atoms with van der Waals surface area (Å²) in [6.07, 6.45) is 10.5. The van der Waals surface area contributed by atoms with Crippen LogP contribution in [0.25, 0.3) is 0 Å². The minimum atomic E-state index is -0.0692. The number of unbranched alkanes of at least 4 members (excludes halogenated alkanes) is 4. The SMILES string of the molecule is CCCCCCCC(N)c1nccnc1OC. The third-order valence-corrected chi connectivity index (χ3v) is 2.85. The fourth-order valence-corrected chi connectivity index (χ4v) is 1.85. The number of aromatic nitrogens is 2. The Morgan fingerprint density at radius 2 is 1.88 bits per heavy atom. The molecule has 1 heterocycles. The molecule has 1 atom stereocenters. The molecule has 0 aliphatic rings. The maximum absolute atomic E-state index is 6.10. The van der Waals surface area contributed by atoms with E-state index in [1.165, 1.54) is 25.7 Å². The third-order valence-electron chi connectivity index (χ3n) is 2.85. The van der Waals surface area contributed by atoms with Crippen molar-refractivity contribution in [1.82, 2.24) is 9.97 Å². The zero-order valence-electron chi connectivity index (χ0n) is 10.9. The van der Waals surface area contributed by atoms with E-state index < -0.39 is 0 Å². The molecule has 1 aromatic heterocycles. The molecule has 2 N–H and O–H groups in total. The van der Waals surface area contributed by atoms with E-state index in [2.05, 4.69) is 16.9 Å². The van der Waals surface area contributed by atoms with Crippen molar-refractivity contribution in [1.29, 1.82) is 0 Å². The zero-order valence-corrected chi connectivity index (χ0v) is 10.9. The molecular formula is C13H23N3O. The molecule has 4 nitrogen and oxygen atoms in total. The van der Waals surface area contributed by atoms with Crippen molar-refractivity contribution in [2.24, 2.45) is 5.73 Å². The van der Waals surface area contributed by atoms with Gasteiger partial charge in [-0.2, -0.15) is 0 Å². The van der Waals surface area contributed by atoms with E-state index in [-0.39, 0.29) is 6.04 Å². The van der Waals surface area contributed by atoms with Gasteiger partial charge in [0.05, 0.1) is 13.2 Å². The number of ether oxygens (including phenoxy) is 1. The molecule has 0 fully saturated rings. The first-order valence-electron chi connectivity index (χ1n) is 6.40. The molecule has 0 amide bonds. The van der Waals surface area contributed by atoms with Crippen molar-refractivity contribution >= 4 is 0 Å². The van der Waals surface area contributed by atoms with E-state index in [4.69, 9.17) is 10.5 Å². The molecule has 17 heavy (non-hydrogen) atoms. The van der Waals surface area contributed by atoms with Crippen LogP contribution in [0.2, 0.25) is 0 Å². The van der Waals surface area contributed by atoms with Gasteiger partial charge in [-0.3, -0.25) is 4.98 Å². The van der Waals surface area contributed by atoms with E-state index in [9.17, 15) is 0 Å². The van der Waals surface area contributed by atoms with Gasteiger partial charge in [-0.1, -0.05) is 39.0 Å². The lowest BCUT2D eigenvalue weighted by molar-refractivity contribution is 0.381. The van der Waals surface area contributed by atoms with Crippen molar-refractivity contribution in [3.63, 3.8) is 0 Å². The summed E-state index contributed by atoms with van der Waals surface area (Å²) in [7, 11) is 1.60. The average molecular weight is 237 g/mol. The zero-order chi connectivity index (χ0) is 12.5. The highest BCUT2D eigenvalue weighted by Crippen LogP contribution is 2.22. The van der Waals surface area contributed by atoms with Crippen molar-refractivity contribution < 1.29 is 4.74 Å². The highest BCUT2D eigenvalue weighted by Gasteiger charge is 2.13. The van der Waals surface area contributed by atoms with Gasteiger partial charge in [-0.05, 0) is 6.42 Å². The van der Waals surface area contributed by atoms with Gasteiger partial charge in [0.1, 0.15) is 5.69 Å². The minimum absolute atomic E-state index is 0.0692. The minimum Gasteiger partial charge on any atom is -0.480 e. The summed E-state index contributed by atoms with van der Waals surface area (Å²) >= 11 is 0. The van der Waals surface area contributed by atoms with Crippen LogP contribution < -0.4 is 10.5 Å². The van der Waals surface area contributed by atoms with Crippen molar-refractivity contribution in [2.45, 2.75) is 51.5 Å². The topological polar surface area (TPSA) is 61.0 Å². The van der Waals surface area contributed by atoms with Gasteiger partial charge in [0.2, 0.25) is 5.88 Å². The molecule has 0 saturated heterocycles. The van der Waals surface area contributed by atoms with Gasteiger partial charge < -0.3 is 10.5 Å². The van der Waals surface area contributed by atoms with Gasteiger partial charge in [0.15, 0.2) is 0 Å². The molecule has 0 aromatic carbocycles. The second-order valence-electron chi connectivity index (χ2n) is 4.26. The molecule has 4 heteroatoms. The molecule has 0 spiro atoms. The standard InChI is InChI=1S/C13H23N3O/c1-3-4-5-6-7-8-11(14)12-13(17-2)16-10-9-15-12/h9-11H,3-8,14H2,1-2H3. The van der Waals surface area contributed by atoms with E-state index in [1.807, 2.05) is 0 Å². The van der Waals surface area contributed by atoms with Crippen LogP contribution in [0.1, 0.15) is 57.2 Å². The smallest absolute Gasteiger partial charge is 0.236 e. The first kappa shape index (κ1) is 13.9. The van der Waals surface area contributed by atoms with Crippen LogP contribution in [0, 0.1) is 0 Å². The maximum atomic E-state index is 6.10. The number of hydrogen-bond donors (Lipinski definition) is 1.